The standard InChI is InChI=1S/C20H22N4O5S/c1-28-10-11-29-14-15-4-2-7-18(12-15)30(26,27)23-16-5-3-6-17(13-16)24-9-8-19(22-24)20(21)25/h2-9,12-13,23H,10-11,14H2,1H3,(H2,21,25). The number of carbonyl (C=O) groups excluding carboxylic acids is 1. The van der Waals surface area contributed by atoms with Crippen molar-refractivity contribution in [3.8, 4) is 5.69 Å². The van der Waals surface area contributed by atoms with Gasteiger partial charge in [-0.15, -0.1) is 0 Å². The molecule has 1 amide bonds. The normalized spacial score (nSPS) is 11.4. The van der Waals surface area contributed by atoms with Crippen LogP contribution in [0, 0.1) is 0 Å². The van der Waals surface area contributed by atoms with Crippen molar-refractivity contribution in [2.24, 2.45) is 5.73 Å². The van der Waals surface area contributed by atoms with Gasteiger partial charge in [0, 0.05) is 13.3 Å². The van der Waals surface area contributed by atoms with Crippen molar-refractivity contribution in [3.05, 3.63) is 72.1 Å². The Bertz CT molecular complexity index is 1130. The summed E-state index contributed by atoms with van der Waals surface area (Å²) in [5.41, 5.74) is 6.99. The van der Waals surface area contributed by atoms with Crippen LogP contribution in [-0.4, -0.2) is 44.4 Å². The van der Waals surface area contributed by atoms with Crippen LogP contribution in [0.15, 0.2) is 65.7 Å². The lowest BCUT2D eigenvalue weighted by Gasteiger charge is -2.11. The fourth-order valence-electron chi connectivity index (χ4n) is 2.66. The Morgan fingerprint density at radius 1 is 1.13 bits per heavy atom. The minimum Gasteiger partial charge on any atom is -0.382 e. The molecule has 0 saturated carbocycles. The molecule has 0 radical (unpaired) electrons. The van der Waals surface area contributed by atoms with E-state index in [1.807, 2.05) is 0 Å². The highest BCUT2D eigenvalue weighted by Crippen LogP contribution is 2.20. The number of hydrogen-bond donors (Lipinski definition) is 2. The number of rotatable bonds is 10. The number of nitrogens with zero attached hydrogens (tertiary/aromatic N) is 2. The number of nitrogens with two attached hydrogens (primary N) is 1. The number of sulfonamides is 1. The number of benzene rings is 2. The van der Waals surface area contributed by atoms with Crippen LogP contribution in [0.1, 0.15) is 16.1 Å². The maximum atomic E-state index is 12.8. The molecule has 0 saturated heterocycles. The number of primary amides is 1. The summed E-state index contributed by atoms with van der Waals surface area (Å²) in [6, 6.07) is 14.6. The van der Waals surface area contributed by atoms with Crippen molar-refractivity contribution < 1.29 is 22.7 Å². The lowest BCUT2D eigenvalue weighted by atomic mass is 10.2. The zero-order chi connectivity index (χ0) is 21.6. The Kier molecular flexibility index (Phi) is 6.83. The molecule has 3 aromatic rings. The van der Waals surface area contributed by atoms with E-state index in [2.05, 4.69) is 9.82 Å². The molecule has 3 N–H and O–H groups in total. The first kappa shape index (κ1) is 21.5. The molecule has 0 aliphatic rings. The minimum atomic E-state index is -3.81. The fourth-order valence-corrected chi connectivity index (χ4v) is 3.78. The molecule has 30 heavy (non-hydrogen) atoms. The quantitative estimate of drug-likeness (QED) is 0.474. The Morgan fingerprint density at radius 3 is 2.67 bits per heavy atom. The van der Waals surface area contributed by atoms with E-state index in [9.17, 15) is 13.2 Å². The van der Waals surface area contributed by atoms with Gasteiger partial charge in [-0.05, 0) is 42.0 Å². The predicted molar refractivity (Wildman–Crippen MR) is 111 cm³/mol. The van der Waals surface area contributed by atoms with E-state index in [4.69, 9.17) is 15.2 Å². The maximum Gasteiger partial charge on any atom is 0.269 e. The summed E-state index contributed by atoms with van der Waals surface area (Å²) in [5.74, 6) is -0.642. The highest BCUT2D eigenvalue weighted by molar-refractivity contribution is 7.92. The summed E-state index contributed by atoms with van der Waals surface area (Å²) in [6.45, 7) is 1.17. The van der Waals surface area contributed by atoms with Crippen LogP contribution in [0.5, 0.6) is 0 Å². The van der Waals surface area contributed by atoms with Crippen LogP contribution in [0.25, 0.3) is 5.69 Å². The Balaban J connectivity index is 1.76. The Labute approximate surface area is 174 Å². The number of hydrogen-bond acceptors (Lipinski definition) is 6. The van der Waals surface area contributed by atoms with E-state index in [1.54, 1.807) is 55.8 Å². The van der Waals surface area contributed by atoms with Crippen LogP contribution in [0.4, 0.5) is 5.69 Å². The predicted octanol–water partition coefficient (Wildman–Crippen LogP) is 1.93. The molecule has 2 aromatic carbocycles. The van der Waals surface area contributed by atoms with E-state index in [-0.39, 0.29) is 17.2 Å². The third kappa shape index (κ3) is 5.44. The molecule has 0 bridgehead atoms. The van der Waals surface area contributed by atoms with Gasteiger partial charge in [0.25, 0.3) is 15.9 Å². The van der Waals surface area contributed by atoms with Gasteiger partial charge in [0.1, 0.15) is 5.69 Å². The van der Waals surface area contributed by atoms with Crippen molar-refractivity contribution in [1.29, 1.82) is 0 Å². The number of carbonyl (C=O) groups is 1. The second-order valence-electron chi connectivity index (χ2n) is 6.36. The van der Waals surface area contributed by atoms with Crippen LogP contribution in [0.3, 0.4) is 0 Å². The molecular weight excluding hydrogens is 408 g/mol. The number of amides is 1. The number of methoxy groups -OCH3 is 1. The summed E-state index contributed by atoms with van der Waals surface area (Å²) in [4.78, 5) is 11.3. The van der Waals surface area contributed by atoms with Gasteiger partial charge in [0.05, 0.1) is 36.1 Å². The lowest BCUT2D eigenvalue weighted by Crippen LogP contribution is -2.14. The molecule has 3 rings (SSSR count). The van der Waals surface area contributed by atoms with Gasteiger partial charge in [-0.25, -0.2) is 13.1 Å². The Morgan fingerprint density at radius 2 is 1.93 bits per heavy atom. The molecule has 0 atom stereocenters. The molecule has 0 aliphatic heterocycles. The highest BCUT2D eigenvalue weighted by Gasteiger charge is 2.15. The smallest absolute Gasteiger partial charge is 0.269 e. The molecule has 1 heterocycles. The van der Waals surface area contributed by atoms with Gasteiger partial charge in [-0.1, -0.05) is 18.2 Å². The molecule has 9 nitrogen and oxygen atoms in total. The van der Waals surface area contributed by atoms with Gasteiger partial charge in [-0.2, -0.15) is 5.10 Å². The van der Waals surface area contributed by atoms with Crippen LogP contribution >= 0.6 is 0 Å². The topological polar surface area (TPSA) is 126 Å². The van der Waals surface area contributed by atoms with Crippen molar-refractivity contribution in [2.75, 3.05) is 25.0 Å². The molecule has 0 unspecified atom stereocenters. The van der Waals surface area contributed by atoms with Gasteiger partial charge in [-0.3, -0.25) is 9.52 Å². The van der Waals surface area contributed by atoms with Crippen LogP contribution in [-0.2, 0) is 26.1 Å². The summed E-state index contributed by atoms with van der Waals surface area (Å²) in [7, 11) is -2.23. The molecule has 0 spiro atoms. The van der Waals surface area contributed by atoms with Crippen molar-refractivity contribution in [3.63, 3.8) is 0 Å². The number of nitrogens with one attached hydrogen (secondary N) is 1. The van der Waals surface area contributed by atoms with Gasteiger partial charge < -0.3 is 15.2 Å². The fraction of sp³-hybridized carbons (Fsp3) is 0.200. The third-order valence-corrected chi connectivity index (χ3v) is 5.49. The molecule has 1 aromatic heterocycles. The van der Waals surface area contributed by atoms with E-state index >= 15 is 0 Å². The first-order valence-electron chi connectivity index (χ1n) is 9.03. The van der Waals surface area contributed by atoms with Gasteiger partial charge >= 0.3 is 0 Å². The van der Waals surface area contributed by atoms with Crippen molar-refractivity contribution in [2.45, 2.75) is 11.5 Å². The minimum absolute atomic E-state index is 0.116. The molecule has 158 valence electrons. The van der Waals surface area contributed by atoms with Crippen LogP contribution < -0.4 is 10.5 Å². The zero-order valence-electron chi connectivity index (χ0n) is 16.3. The second-order valence-corrected chi connectivity index (χ2v) is 8.04. The highest BCUT2D eigenvalue weighted by atomic mass is 32.2. The molecule has 0 fully saturated rings. The lowest BCUT2D eigenvalue weighted by molar-refractivity contribution is 0.0616. The molecule has 0 aliphatic carbocycles. The van der Waals surface area contributed by atoms with Crippen molar-refractivity contribution in [1.82, 2.24) is 9.78 Å². The Hall–Kier alpha value is -3.21. The molecular formula is C20H22N4O5S. The third-order valence-electron chi connectivity index (χ3n) is 4.11. The summed E-state index contributed by atoms with van der Waals surface area (Å²) < 4.78 is 40.0. The van der Waals surface area contributed by atoms with Gasteiger partial charge in [0.15, 0.2) is 0 Å². The van der Waals surface area contributed by atoms with E-state index in [0.717, 1.165) is 5.56 Å². The largest absolute Gasteiger partial charge is 0.382 e. The maximum absolute atomic E-state index is 12.8. The van der Waals surface area contributed by atoms with Crippen LogP contribution in [0.2, 0.25) is 0 Å². The monoisotopic (exact) mass is 430 g/mol. The van der Waals surface area contributed by atoms with Crippen molar-refractivity contribution >= 4 is 21.6 Å². The van der Waals surface area contributed by atoms with Gasteiger partial charge in [0.2, 0.25) is 0 Å². The van der Waals surface area contributed by atoms with E-state index in [0.29, 0.717) is 24.6 Å². The molecule has 10 heteroatoms. The SMILES string of the molecule is COCCOCc1cccc(S(=O)(=O)Nc2cccc(-n3ccc(C(N)=O)n3)c2)c1. The average Bonchev–Trinajstić information content (AvgIpc) is 3.22. The summed E-state index contributed by atoms with van der Waals surface area (Å²) in [5, 5.41) is 4.07. The number of aromatic nitrogens is 2. The summed E-state index contributed by atoms with van der Waals surface area (Å²) in [6.07, 6.45) is 1.57. The first-order chi connectivity index (χ1) is 14.4. The van der Waals surface area contributed by atoms with E-state index < -0.39 is 15.9 Å². The zero-order valence-corrected chi connectivity index (χ0v) is 17.1. The first-order valence-corrected chi connectivity index (χ1v) is 10.5. The van der Waals surface area contributed by atoms with E-state index in [1.165, 1.54) is 16.8 Å². The number of ether oxygens (including phenoxy) is 2. The average molecular weight is 430 g/mol. The second kappa shape index (κ2) is 9.53. The summed E-state index contributed by atoms with van der Waals surface area (Å²) >= 11 is 0. The number of anilines is 1.